The van der Waals surface area contributed by atoms with Crippen molar-refractivity contribution in [1.82, 2.24) is 4.57 Å². The second kappa shape index (κ2) is 5.09. The molecule has 2 nitrogen and oxygen atoms in total. The molecule has 1 heterocycles. The average Bonchev–Trinajstić information content (AvgIpc) is 2.72. The monoisotopic (exact) mass is 228 g/mol. The van der Waals surface area contributed by atoms with E-state index in [4.69, 9.17) is 0 Å². The van der Waals surface area contributed by atoms with E-state index in [0.717, 1.165) is 6.54 Å². The highest BCUT2D eigenvalue weighted by Gasteiger charge is 2.05. The summed E-state index contributed by atoms with van der Waals surface area (Å²) in [5, 5.41) is 3.52. The SMILES string of the molecule is CC(C)c1ccccc1NCc1cccn1C. The first-order chi connectivity index (χ1) is 8.18. The average molecular weight is 228 g/mol. The number of nitrogens with one attached hydrogen (secondary N) is 1. The molecule has 2 heteroatoms. The lowest BCUT2D eigenvalue weighted by molar-refractivity contribution is 0.834. The van der Waals surface area contributed by atoms with Crippen LogP contribution in [0.2, 0.25) is 0 Å². The topological polar surface area (TPSA) is 17.0 Å². The Hall–Kier alpha value is -1.70. The third-order valence-corrected chi connectivity index (χ3v) is 3.09. The van der Waals surface area contributed by atoms with Crippen LogP contribution in [0.15, 0.2) is 42.6 Å². The zero-order chi connectivity index (χ0) is 12.3. The maximum absolute atomic E-state index is 3.52. The second-order valence-electron chi connectivity index (χ2n) is 4.71. The first kappa shape index (κ1) is 11.8. The van der Waals surface area contributed by atoms with Gasteiger partial charge in [0.25, 0.3) is 0 Å². The van der Waals surface area contributed by atoms with Crippen LogP contribution in [-0.4, -0.2) is 4.57 Å². The number of para-hydroxylation sites is 1. The quantitative estimate of drug-likeness (QED) is 0.843. The van der Waals surface area contributed by atoms with E-state index >= 15 is 0 Å². The highest BCUT2D eigenvalue weighted by molar-refractivity contribution is 5.52. The van der Waals surface area contributed by atoms with Gasteiger partial charge in [-0.3, -0.25) is 0 Å². The lowest BCUT2D eigenvalue weighted by Crippen LogP contribution is -2.06. The molecule has 0 saturated heterocycles. The number of nitrogens with zero attached hydrogens (tertiary/aromatic N) is 1. The highest BCUT2D eigenvalue weighted by Crippen LogP contribution is 2.24. The molecule has 0 bridgehead atoms. The molecule has 0 atom stereocenters. The van der Waals surface area contributed by atoms with Gasteiger partial charge in [0.15, 0.2) is 0 Å². The van der Waals surface area contributed by atoms with Crippen molar-refractivity contribution in [2.24, 2.45) is 7.05 Å². The molecule has 2 rings (SSSR count). The van der Waals surface area contributed by atoms with Crippen molar-refractivity contribution >= 4 is 5.69 Å². The fourth-order valence-electron chi connectivity index (χ4n) is 2.03. The molecule has 0 spiro atoms. The van der Waals surface area contributed by atoms with Gasteiger partial charge < -0.3 is 9.88 Å². The summed E-state index contributed by atoms with van der Waals surface area (Å²) in [5.41, 5.74) is 3.91. The van der Waals surface area contributed by atoms with Gasteiger partial charge in [-0.2, -0.15) is 0 Å². The third-order valence-electron chi connectivity index (χ3n) is 3.09. The van der Waals surface area contributed by atoms with Crippen molar-refractivity contribution in [2.75, 3.05) is 5.32 Å². The van der Waals surface area contributed by atoms with Gasteiger partial charge in [0.05, 0.1) is 6.54 Å². The number of aryl methyl sites for hydroxylation is 1. The van der Waals surface area contributed by atoms with Gasteiger partial charge in [0, 0.05) is 24.6 Å². The molecule has 90 valence electrons. The number of anilines is 1. The van der Waals surface area contributed by atoms with Crippen LogP contribution in [0.1, 0.15) is 31.0 Å². The smallest absolute Gasteiger partial charge is 0.0553 e. The van der Waals surface area contributed by atoms with Gasteiger partial charge >= 0.3 is 0 Å². The van der Waals surface area contributed by atoms with E-state index in [0.29, 0.717) is 5.92 Å². The molecular weight excluding hydrogens is 208 g/mol. The number of hydrogen-bond donors (Lipinski definition) is 1. The summed E-state index contributed by atoms with van der Waals surface area (Å²) < 4.78 is 2.14. The summed E-state index contributed by atoms with van der Waals surface area (Å²) in [6, 6.07) is 12.7. The van der Waals surface area contributed by atoms with Crippen molar-refractivity contribution in [3.05, 3.63) is 53.9 Å². The molecule has 0 amide bonds. The van der Waals surface area contributed by atoms with E-state index in [-0.39, 0.29) is 0 Å². The van der Waals surface area contributed by atoms with Gasteiger partial charge in [-0.05, 0) is 29.7 Å². The fraction of sp³-hybridized carbons (Fsp3) is 0.333. The van der Waals surface area contributed by atoms with Crippen molar-refractivity contribution in [3.63, 3.8) is 0 Å². The molecule has 1 aromatic heterocycles. The Morgan fingerprint density at radius 1 is 1.12 bits per heavy atom. The first-order valence-corrected chi connectivity index (χ1v) is 6.11. The van der Waals surface area contributed by atoms with E-state index in [9.17, 15) is 0 Å². The zero-order valence-electron chi connectivity index (χ0n) is 10.8. The van der Waals surface area contributed by atoms with E-state index < -0.39 is 0 Å². The molecule has 0 radical (unpaired) electrons. The Labute approximate surface area is 103 Å². The maximum atomic E-state index is 3.52. The van der Waals surface area contributed by atoms with E-state index in [1.54, 1.807) is 0 Å². The molecule has 2 aromatic rings. The maximum Gasteiger partial charge on any atom is 0.0553 e. The molecule has 1 N–H and O–H groups in total. The summed E-state index contributed by atoms with van der Waals surface area (Å²) in [7, 11) is 2.07. The van der Waals surface area contributed by atoms with E-state index in [2.05, 4.69) is 73.4 Å². The lowest BCUT2D eigenvalue weighted by atomic mass is 10.0. The summed E-state index contributed by atoms with van der Waals surface area (Å²) in [4.78, 5) is 0. The number of rotatable bonds is 4. The third kappa shape index (κ3) is 2.70. The summed E-state index contributed by atoms with van der Waals surface area (Å²) in [6.45, 7) is 5.32. The van der Waals surface area contributed by atoms with Gasteiger partial charge in [-0.25, -0.2) is 0 Å². The predicted octanol–water partition coefficient (Wildman–Crippen LogP) is 3.76. The van der Waals surface area contributed by atoms with Crippen molar-refractivity contribution in [2.45, 2.75) is 26.3 Å². The Balaban J connectivity index is 2.11. The lowest BCUT2D eigenvalue weighted by Gasteiger charge is -2.14. The minimum Gasteiger partial charge on any atom is -0.379 e. The Morgan fingerprint density at radius 3 is 2.53 bits per heavy atom. The minimum atomic E-state index is 0.548. The highest BCUT2D eigenvalue weighted by atomic mass is 15.0. The summed E-state index contributed by atoms with van der Waals surface area (Å²) in [5.74, 6) is 0.548. The normalized spacial score (nSPS) is 10.8. The van der Waals surface area contributed by atoms with Gasteiger partial charge in [0.1, 0.15) is 0 Å². The Morgan fingerprint density at radius 2 is 1.88 bits per heavy atom. The van der Waals surface area contributed by atoms with Crippen molar-refractivity contribution in [3.8, 4) is 0 Å². The molecule has 0 aliphatic rings. The summed E-state index contributed by atoms with van der Waals surface area (Å²) in [6.07, 6.45) is 2.07. The number of aromatic nitrogens is 1. The fourth-order valence-corrected chi connectivity index (χ4v) is 2.03. The zero-order valence-corrected chi connectivity index (χ0v) is 10.8. The van der Waals surface area contributed by atoms with Crippen LogP contribution in [0.3, 0.4) is 0 Å². The predicted molar refractivity (Wildman–Crippen MR) is 73.3 cm³/mol. The van der Waals surface area contributed by atoms with Crippen LogP contribution in [0.5, 0.6) is 0 Å². The van der Waals surface area contributed by atoms with Crippen molar-refractivity contribution in [1.29, 1.82) is 0 Å². The van der Waals surface area contributed by atoms with Gasteiger partial charge in [0.2, 0.25) is 0 Å². The van der Waals surface area contributed by atoms with E-state index in [1.165, 1.54) is 16.9 Å². The van der Waals surface area contributed by atoms with Crippen LogP contribution in [0.4, 0.5) is 5.69 Å². The molecule has 17 heavy (non-hydrogen) atoms. The Kier molecular flexibility index (Phi) is 3.52. The molecule has 0 fully saturated rings. The molecule has 1 aromatic carbocycles. The molecule has 0 aliphatic carbocycles. The number of benzene rings is 1. The summed E-state index contributed by atoms with van der Waals surface area (Å²) >= 11 is 0. The Bertz CT molecular complexity index is 483. The molecule has 0 saturated carbocycles. The van der Waals surface area contributed by atoms with Crippen LogP contribution < -0.4 is 5.32 Å². The van der Waals surface area contributed by atoms with E-state index in [1.807, 2.05) is 0 Å². The van der Waals surface area contributed by atoms with Crippen molar-refractivity contribution < 1.29 is 0 Å². The second-order valence-corrected chi connectivity index (χ2v) is 4.71. The van der Waals surface area contributed by atoms with Crippen LogP contribution >= 0.6 is 0 Å². The van der Waals surface area contributed by atoms with Crippen LogP contribution in [-0.2, 0) is 13.6 Å². The number of hydrogen-bond acceptors (Lipinski definition) is 1. The van der Waals surface area contributed by atoms with Gasteiger partial charge in [-0.15, -0.1) is 0 Å². The molecular formula is C15H20N2. The standard InChI is InChI=1S/C15H20N2/c1-12(2)14-8-4-5-9-15(14)16-11-13-7-6-10-17(13)3/h4-10,12,16H,11H2,1-3H3. The molecule has 0 unspecified atom stereocenters. The van der Waals surface area contributed by atoms with Crippen LogP contribution in [0, 0.1) is 0 Å². The first-order valence-electron chi connectivity index (χ1n) is 6.11. The largest absolute Gasteiger partial charge is 0.379 e. The minimum absolute atomic E-state index is 0.548. The van der Waals surface area contributed by atoms with Gasteiger partial charge in [-0.1, -0.05) is 32.0 Å². The van der Waals surface area contributed by atoms with Crippen LogP contribution in [0.25, 0.3) is 0 Å². The molecule has 0 aliphatic heterocycles.